The van der Waals surface area contributed by atoms with Crippen molar-refractivity contribution in [3.8, 4) is 11.5 Å². The molecule has 0 heterocycles. The van der Waals surface area contributed by atoms with Gasteiger partial charge in [-0.05, 0) is 48.9 Å². The van der Waals surface area contributed by atoms with E-state index in [0.29, 0.717) is 42.7 Å². The molecule has 0 aliphatic heterocycles. The number of carbonyl (C=O) groups is 1. The van der Waals surface area contributed by atoms with Crippen LogP contribution in [0.5, 0.6) is 11.5 Å². The van der Waals surface area contributed by atoms with Gasteiger partial charge in [-0.2, -0.15) is 0 Å². The van der Waals surface area contributed by atoms with Gasteiger partial charge in [-0.3, -0.25) is 4.79 Å². The topological polar surface area (TPSA) is 67.8 Å². The van der Waals surface area contributed by atoms with Crippen molar-refractivity contribution in [2.75, 3.05) is 6.61 Å². The molecule has 0 amide bonds. The van der Waals surface area contributed by atoms with E-state index in [4.69, 9.17) is 21.1 Å². The second kappa shape index (κ2) is 11.1. The lowest BCUT2D eigenvalue weighted by Gasteiger charge is -2.19. The Kier molecular flexibility index (Phi) is 8.80. The van der Waals surface area contributed by atoms with E-state index < -0.39 is 12.0 Å². The zero-order chi connectivity index (χ0) is 21.4. The van der Waals surface area contributed by atoms with Crippen molar-refractivity contribution in [3.05, 3.63) is 58.1 Å². The highest BCUT2D eigenvalue weighted by Gasteiger charge is 2.19. The van der Waals surface area contributed by atoms with Gasteiger partial charge in [0, 0.05) is 17.6 Å². The zero-order valence-electron chi connectivity index (χ0n) is 17.5. The third kappa shape index (κ3) is 6.94. The number of carboxylic acid groups (broad SMARTS) is 1. The van der Waals surface area contributed by atoms with Crippen molar-refractivity contribution in [2.24, 2.45) is 5.92 Å². The summed E-state index contributed by atoms with van der Waals surface area (Å²) in [4.78, 5) is 11.5. The van der Waals surface area contributed by atoms with Gasteiger partial charge in [-0.1, -0.05) is 49.7 Å². The molecule has 0 aromatic heterocycles. The summed E-state index contributed by atoms with van der Waals surface area (Å²) in [6.07, 6.45) is 0.545. The maximum absolute atomic E-state index is 11.5. The van der Waals surface area contributed by atoms with E-state index in [2.05, 4.69) is 5.32 Å². The number of nitrogens with one attached hydrogen (secondary N) is 1. The molecule has 2 aromatic rings. The summed E-state index contributed by atoms with van der Waals surface area (Å²) in [6.45, 7) is 9.18. The van der Waals surface area contributed by atoms with Gasteiger partial charge in [0.1, 0.15) is 12.6 Å². The van der Waals surface area contributed by atoms with Gasteiger partial charge in [0.05, 0.1) is 6.61 Å². The van der Waals surface area contributed by atoms with Crippen LogP contribution in [0.1, 0.15) is 43.9 Å². The molecule has 158 valence electrons. The summed E-state index contributed by atoms with van der Waals surface area (Å²) in [6, 6.07) is 11.0. The first kappa shape index (κ1) is 23.0. The summed E-state index contributed by atoms with van der Waals surface area (Å²) >= 11 is 6.46. The Morgan fingerprint density at radius 2 is 1.83 bits per heavy atom. The number of halogens is 1. The lowest BCUT2D eigenvalue weighted by atomic mass is 10.0. The van der Waals surface area contributed by atoms with E-state index in [1.165, 1.54) is 0 Å². The fourth-order valence-corrected chi connectivity index (χ4v) is 3.22. The third-order valence-electron chi connectivity index (χ3n) is 4.60. The van der Waals surface area contributed by atoms with Gasteiger partial charge < -0.3 is 19.9 Å². The van der Waals surface area contributed by atoms with E-state index in [1.54, 1.807) is 6.07 Å². The normalized spacial score (nSPS) is 12.1. The predicted molar refractivity (Wildman–Crippen MR) is 116 cm³/mol. The Morgan fingerprint density at radius 1 is 1.14 bits per heavy atom. The maximum Gasteiger partial charge on any atom is 0.320 e. The average Bonchev–Trinajstić information content (AvgIpc) is 2.66. The number of rotatable bonds is 11. The Hall–Kier alpha value is -2.24. The molecule has 1 unspecified atom stereocenters. The molecule has 0 aliphatic rings. The number of hydrogen-bond acceptors (Lipinski definition) is 4. The lowest BCUT2D eigenvalue weighted by molar-refractivity contribution is -0.140. The molecular weight excluding hydrogens is 390 g/mol. The first-order valence-electron chi connectivity index (χ1n) is 9.90. The highest BCUT2D eigenvalue weighted by molar-refractivity contribution is 6.31. The van der Waals surface area contributed by atoms with Crippen LogP contribution in [0.3, 0.4) is 0 Å². The van der Waals surface area contributed by atoms with Gasteiger partial charge in [0.15, 0.2) is 11.5 Å². The molecule has 0 bridgehead atoms. The standard InChI is InChI=1S/C23H30ClNO4/c1-5-28-21-11-18(13-25-20(23(26)27)10-15(2)3)19(24)12-22(21)29-14-17-9-7-6-8-16(17)4/h6-9,11-12,15,20,25H,5,10,13-14H2,1-4H3,(H,26,27). The largest absolute Gasteiger partial charge is 0.490 e. The second-order valence-corrected chi connectivity index (χ2v) is 7.85. The molecular formula is C23H30ClNO4. The Labute approximate surface area is 178 Å². The van der Waals surface area contributed by atoms with Crippen LogP contribution >= 0.6 is 11.6 Å². The predicted octanol–water partition coefficient (Wildman–Crippen LogP) is 5.22. The molecule has 0 spiro atoms. The molecule has 2 N–H and O–H groups in total. The van der Waals surface area contributed by atoms with Gasteiger partial charge in [0.25, 0.3) is 0 Å². The summed E-state index contributed by atoms with van der Waals surface area (Å²) in [5.74, 6) is 0.576. The fourth-order valence-electron chi connectivity index (χ4n) is 3.00. The molecule has 1 atom stereocenters. The minimum atomic E-state index is -0.863. The van der Waals surface area contributed by atoms with Crippen LogP contribution in [-0.4, -0.2) is 23.7 Å². The van der Waals surface area contributed by atoms with Crippen molar-refractivity contribution < 1.29 is 19.4 Å². The highest BCUT2D eigenvalue weighted by Crippen LogP contribution is 2.34. The molecule has 5 nitrogen and oxygen atoms in total. The van der Waals surface area contributed by atoms with Crippen LogP contribution in [0, 0.1) is 12.8 Å². The minimum Gasteiger partial charge on any atom is -0.490 e. The summed E-state index contributed by atoms with van der Waals surface area (Å²) in [5.41, 5.74) is 3.02. The van der Waals surface area contributed by atoms with Crippen molar-refractivity contribution >= 4 is 17.6 Å². The minimum absolute atomic E-state index is 0.273. The average molecular weight is 420 g/mol. The summed E-state index contributed by atoms with van der Waals surface area (Å²) in [5, 5.41) is 13.0. The number of aryl methyl sites for hydroxylation is 1. The molecule has 2 aromatic carbocycles. The van der Waals surface area contributed by atoms with Crippen LogP contribution in [0.15, 0.2) is 36.4 Å². The zero-order valence-corrected chi connectivity index (χ0v) is 18.3. The lowest BCUT2D eigenvalue weighted by Crippen LogP contribution is -2.37. The van der Waals surface area contributed by atoms with Crippen LogP contribution in [0.4, 0.5) is 0 Å². The fraction of sp³-hybridized carbons (Fsp3) is 0.435. The number of aliphatic carboxylic acids is 1. The Balaban J connectivity index is 2.16. The molecule has 0 radical (unpaired) electrons. The summed E-state index contributed by atoms with van der Waals surface area (Å²) < 4.78 is 11.7. The Bertz CT molecular complexity index is 823. The molecule has 29 heavy (non-hydrogen) atoms. The van der Waals surface area contributed by atoms with Crippen molar-refractivity contribution in [2.45, 2.75) is 53.3 Å². The number of hydrogen-bond donors (Lipinski definition) is 2. The number of benzene rings is 2. The summed E-state index contributed by atoms with van der Waals surface area (Å²) in [7, 11) is 0. The quantitative estimate of drug-likeness (QED) is 0.523. The first-order chi connectivity index (χ1) is 13.8. The van der Waals surface area contributed by atoms with Crippen LogP contribution < -0.4 is 14.8 Å². The van der Waals surface area contributed by atoms with E-state index in [9.17, 15) is 9.90 Å². The monoisotopic (exact) mass is 419 g/mol. The first-order valence-corrected chi connectivity index (χ1v) is 10.3. The van der Waals surface area contributed by atoms with Crippen molar-refractivity contribution in [1.29, 1.82) is 0 Å². The van der Waals surface area contributed by atoms with E-state index in [-0.39, 0.29) is 5.92 Å². The van der Waals surface area contributed by atoms with Crippen LogP contribution in [-0.2, 0) is 17.9 Å². The molecule has 0 fully saturated rings. The third-order valence-corrected chi connectivity index (χ3v) is 4.95. The van der Waals surface area contributed by atoms with Gasteiger partial charge in [0.2, 0.25) is 0 Å². The van der Waals surface area contributed by atoms with Gasteiger partial charge in [-0.25, -0.2) is 0 Å². The molecule has 0 saturated heterocycles. The van der Waals surface area contributed by atoms with E-state index in [1.807, 2.05) is 58.0 Å². The SMILES string of the molecule is CCOc1cc(CNC(CC(C)C)C(=O)O)c(Cl)cc1OCc1ccccc1C. The van der Waals surface area contributed by atoms with E-state index >= 15 is 0 Å². The Morgan fingerprint density at radius 3 is 2.45 bits per heavy atom. The molecule has 2 rings (SSSR count). The molecule has 0 saturated carbocycles. The van der Waals surface area contributed by atoms with Crippen molar-refractivity contribution in [3.63, 3.8) is 0 Å². The maximum atomic E-state index is 11.5. The molecule has 0 aliphatic carbocycles. The van der Waals surface area contributed by atoms with Gasteiger partial charge in [-0.15, -0.1) is 0 Å². The second-order valence-electron chi connectivity index (χ2n) is 7.44. The highest BCUT2D eigenvalue weighted by atomic mass is 35.5. The smallest absolute Gasteiger partial charge is 0.320 e. The van der Waals surface area contributed by atoms with Gasteiger partial charge >= 0.3 is 5.97 Å². The number of carboxylic acids is 1. The van der Waals surface area contributed by atoms with Crippen LogP contribution in [0.25, 0.3) is 0 Å². The van der Waals surface area contributed by atoms with Crippen molar-refractivity contribution in [1.82, 2.24) is 5.32 Å². The molecule has 6 heteroatoms. The van der Waals surface area contributed by atoms with E-state index in [0.717, 1.165) is 16.7 Å². The number of ether oxygens (including phenoxy) is 2. The van der Waals surface area contributed by atoms with Crippen LogP contribution in [0.2, 0.25) is 5.02 Å².